The second-order valence-electron chi connectivity index (χ2n) is 4.73. The van der Waals surface area contributed by atoms with Crippen molar-refractivity contribution in [3.63, 3.8) is 0 Å². The van der Waals surface area contributed by atoms with Crippen molar-refractivity contribution in [2.24, 2.45) is 0 Å². The summed E-state index contributed by atoms with van der Waals surface area (Å²) in [6.45, 7) is 0. The molecule has 0 amide bonds. The molecular formula is C15H19S+. The molecule has 1 heteroatoms. The van der Waals surface area contributed by atoms with Crippen LogP contribution in [0.1, 0.15) is 36.8 Å². The van der Waals surface area contributed by atoms with Crippen molar-refractivity contribution in [1.29, 1.82) is 0 Å². The molecule has 2 aliphatic rings. The molecule has 1 aliphatic heterocycles. The normalized spacial score (nSPS) is 21.4. The van der Waals surface area contributed by atoms with Gasteiger partial charge in [0.05, 0.1) is 0 Å². The van der Waals surface area contributed by atoms with Crippen LogP contribution in [0.3, 0.4) is 0 Å². The zero-order valence-corrected chi connectivity index (χ0v) is 10.6. The van der Waals surface area contributed by atoms with Gasteiger partial charge in [0, 0.05) is 16.5 Å². The Bertz CT molecular complexity index is 400. The van der Waals surface area contributed by atoms with E-state index in [-0.39, 0.29) is 0 Å². The number of rotatable bonds is 1. The van der Waals surface area contributed by atoms with Crippen LogP contribution < -0.4 is 0 Å². The van der Waals surface area contributed by atoms with Crippen molar-refractivity contribution < 1.29 is 0 Å². The van der Waals surface area contributed by atoms with Crippen LogP contribution in [0, 0.1) is 0 Å². The predicted octanol–water partition coefficient (Wildman–Crippen LogP) is 3.78. The first-order chi connectivity index (χ1) is 7.95. The lowest BCUT2D eigenvalue weighted by molar-refractivity contribution is 0.851. The Labute approximate surface area is 101 Å². The highest BCUT2D eigenvalue weighted by molar-refractivity contribution is 8.05. The van der Waals surface area contributed by atoms with E-state index in [2.05, 4.69) is 30.3 Å². The molecule has 0 unspecified atom stereocenters. The van der Waals surface area contributed by atoms with E-state index in [4.69, 9.17) is 0 Å². The molecule has 0 aromatic heterocycles. The van der Waals surface area contributed by atoms with Gasteiger partial charge in [-0.25, -0.2) is 0 Å². The quantitative estimate of drug-likeness (QED) is 0.645. The second kappa shape index (κ2) is 4.67. The first-order valence-electron chi connectivity index (χ1n) is 6.41. The molecular weight excluding hydrogens is 212 g/mol. The lowest BCUT2D eigenvalue weighted by Crippen LogP contribution is -2.07. The van der Waals surface area contributed by atoms with Crippen molar-refractivity contribution in [3.05, 3.63) is 41.5 Å². The smallest absolute Gasteiger partial charge is 0.0619 e. The largest absolute Gasteiger partial charge is 0.158 e. The minimum atomic E-state index is 0.575. The molecule has 0 atom stereocenters. The van der Waals surface area contributed by atoms with Gasteiger partial charge in [-0.1, -0.05) is 18.2 Å². The van der Waals surface area contributed by atoms with E-state index in [0.29, 0.717) is 10.9 Å². The average Bonchev–Trinajstić information content (AvgIpc) is 2.76. The standard InChI is InChI=1S/C15H19S/c1-3-9-14-13(7-1)8-2-4-10-15(14)16-11-5-6-12-16/h1,3,7,9-10H,2,4-6,8,11-12H2/q+1. The summed E-state index contributed by atoms with van der Waals surface area (Å²) in [6.07, 6.45) is 9.32. The van der Waals surface area contributed by atoms with Crippen molar-refractivity contribution in [2.45, 2.75) is 32.1 Å². The van der Waals surface area contributed by atoms with E-state index < -0.39 is 0 Å². The van der Waals surface area contributed by atoms with Gasteiger partial charge in [0.1, 0.15) is 11.5 Å². The summed E-state index contributed by atoms with van der Waals surface area (Å²) in [6, 6.07) is 9.07. The van der Waals surface area contributed by atoms with Crippen molar-refractivity contribution in [3.8, 4) is 0 Å². The highest BCUT2D eigenvalue weighted by atomic mass is 32.2. The Hall–Kier alpha value is -0.690. The Morgan fingerprint density at radius 2 is 1.75 bits per heavy atom. The number of benzene rings is 1. The fourth-order valence-electron chi connectivity index (χ4n) is 2.76. The minimum absolute atomic E-state index is 0.575. The molecule has 84 valence electrons. The van der Waals surface area contributed by atoms with Crippen LogP contribution in [0.15, 0.2) is 30.3 Å². The average molecular weight is 231 g/mol. The Balaban J connectivity index is 2.00. The van der Waals surface area contributed by atoms with E-state index in [0.717, 1.165) is 0 Å². The molecule has 1 saturated heterocycles. The van der Waals surface area contributed by atoms with Crippen LogP contribution in [-0.2, 0) is 17.3 Å². The maximum absolute atomic E-state index is 2.54. The molecule has 16 heavy (non-hydrogen) atoms. The first kappa shape index (κ1) is 10.5. The van der Waals surface area contributed by atoms with Crippen LogP contribution in [0.4, 0.5) is 0 Å². The highest BCUT2D eigenvalue weighted by Gasteiger charge is 2.31. The molecule has 0 spiro atoms. The van der Waals surface area contributed by atoms with Crippen LogP contribution in [0.25, 0.3) is 4.91 Å². The van der Waals surface area contributed by atoms with Crippen molar-refractivity contribution in [1.82, 2.24) is 0 Å². The molecule has 3 rings (SSSR count). The lowest BCUT2D eigenvalue weighted by Gasteiger charge is -2.08. The van der Waals surface area contributed by atoms with Crippen molar-refractivity contribution in [2.75, 3.05) is 11.5 Å². The topological polar surface area (TPSA) is 0 Å². The molecule has 1 fully saturated rings. The summed E-state index contributed by atoms with van der Waals surface area (Å²) in [5.74, 6) is 2.89. The summed E-state index contributed by atoms with van der Waals surface area (Å²) >= 11 is 0. The zero-order chi connectivity index (χ0) is 10.8. The molecule has 1 aromatic carbocycles. The second-order valence-corrected chi connectivity index (χ2v) is 6.97. The van der Waals surface area contributed by atoms with E-state index in [9.17, 15) is 0 Å². The molecule has 1 heterocycles. The van der Waals surface area contributed by atoms with Gasteiger partial charge < -0.3 is 0 Å². The van der Waals surface area contributed by atoms with Gasteiger partial charge in [0.15, 0.2) is 4.91 Å². The van der Waals surface area contributed by atoms with Gasteiger partial charge in [-0.05, 0) is 49.8 Å². The van der Waals surface area contributed by atoms with Crippen LogP contribution >= 0.6 is 0 Å². The summed E-state index contributed by atoms with van der Waals surface area (Å²) in [5, 5.41) is 0. The zero-order valence-electron chi connectivity index (χ0n) is 9.74. The highest BCUT2D eigenvalue weighted by Crippen LogP contribution is 2.34. The molecule has 0 bridgehead atoms. The molecule has 0 saturated carbocycles. The fourth-order valence-corrected chi connectivity index (χ4v) is 5.38. The molecule has 1 aliphatic carbocycles. The Kier molecular flexibility index (Phi) is 3.05. The third kappa shape index (κ3) is 1.93. The summed E-state index contributed by atoms with van der Waals surface area (Å²) in [5.41, 5.74) is 3.16. The first-order valence-corrected chi connectivity index (χ1v) is 7.97. The maximum atomic E-state index is 2.54. The molecule has 0 radical (unpaired) electrons. The molecule has 0 nitrogen and oxygen atoms in total. The van der Waals surface area contributed by atoms with Gasteiger partial charge in [0.25, 0.3) is 0 Å². The third-order valence-corrected chi connectivity index (χ3v) is 6.18. The maximum Gasteiger partial charge on any atom is 0.158 e. The Morgan fingerprint density at radius 1 is 0.938 bits per heavy atom. The van der Waals surface area contributed by atoms with E-state index in [1.807, 2.05) is 0 Å². The van der Waals surface area contributed by atoms with Gasteiger partial charge in [-0.3, -0.25) is 0 Å². The Morgan fingerprint density at radius 3 is 2.62 bits per heavy atom. The van der Waals surface area contributed by atoms with Crippen molar-refractivity contribution >= 4 is 15.8 Å². The van der Waals surface area contributed by atoms with Gasteiger partial charge in [-0.15, -0.1) is 0 Å². The lowest BCUT2D eigenvalue weighted by atomic mass is 10.0. The van der Waals surface area contributed by atoms with E-state index >= 15 is 0 Å². The summed E-state index contributed by atoms with van der Waals surface area (Å²) in [7, 11) is 0.575. The summed E-state index contributed by atoms with van der Waals surface area (Å²) in [4.78, 5) is 1.70. The number of hydrogen-bond donors (Lipinski definition) is 0. The number of allylic oxidation sites excluding steroid dienone is 1. The minimum Gasteiger partial charge on any atom is -0.0619 e. The number of fused-ring (bicyclic) bond motifs is 1. The van der Waals surface area contributed by atoms with Crippen LogP contribution in [0.5, 0.6) is 0 Å². The van der Waals surface area contributed by atoms with Gasteiger partial charge >= 0.3 is 0 Å². The van der Waals surface area contributed by atoms with E-state index in [1.165, 1.54) is 43.6 Å². The molecule has 1 aromatic rings. The van der Waals surface area contributed by atoms with Gasteiger partial charge in [0.2, 0.25) is 0 Å². The van der Waals surface area contributed by atoms with E-state index in [1.54, 1.807) is 16.0 Å². The third-order valence-electron chi connectivity index (χ3n) is 3.61. The van der Waals surface area contributed by atoms with Crippen LogP contribution in [-0.4, -0.2) is 11.5 Å². The van der Waals surface area contributed by atoms with Crippen LogP contribution in [0.2, 0.25) is 0 Å². The summed E-state index contributed by atoms with van der Waals surface area (Å²) < 4.78 is 0. The number of hydrogen-bond acceptors (Lipinski definition) is 0. The fraction of sp³-hybridized carbons (Fsp3) is 0.467. The monoisotopic (exact) mass is 231 g/mol. The van der Waals surface area contributed by atoms with Gasteiger partial charge in [-0.2, -0.15) is 0 Å². The molecule has 0 N–H and O–H groups in total. The number of aryl methyl sites for hydroxylation is 1. The predicted molar refractivity (Wildman–Crippen MR) is 73.7 cm³/mol. The SMILES string of the molecule is C1=C([S+]2CCCC2)c2ccccc2CCC1.